The van der Waals surface area contributed by atoms with Crippen LogP contribution in [0.1, 0.15) is 170 Å². The van der Waals surface area contributed by atoms with Crippen LogP contribution in [0.4, 0.5) is 0 Å². The Balaban J connectivity index is 0. The summed E-state index contributed by atoms with van der Waals surface area (Å²) in [6.07, 6.45) is 14.2. The molecule has 4 heteroatoms. The summed E-state index contributed by atoms with van der Waals surface area (Å²) in [4.78, 5) is 1.17. The van der Waals surface area contributed by atoms with E-state index in [1.807, 2.05) is 0 Å². The molecule has 2 nitrogen and oxygen atoms in total. The van der Waals surface area contributed by atoms with Gasteiger partial charge in [0.05, 0.1) is 19.8 Å². The van der Waals surface area contributed by atoms with Crippen LogP contribution in [0.2, 0.25) is 0 Å². The summed E-state index contributed by atoms with van der Waals surface area (Å²) in [5.41, 5.74) is 8.10. The Morgan fingerprint density at radius 1 is 0.733 bits per heavy atom. The average Bonchev–Trinajstić information content (AvgIpc) is 3.74. The molecule has 0 aliphatic heterocycles. The van der Waals surface area contributed by atoms with Crippen molar-refractivity contribution in [2.45, 2.75) is 179 Å². The summed E-state index contributed by atoms with van der Waals surface area (Å²) in [6, 6.07) is 22.0. The SMILES string of the molecule is CCC(=C1C(C)C1C)C(C)C.[CH2-]C(C)(C)CCCCc1cccc2c(COCC(C)(C)CCC(C)(C)CCCOSc3ccc(C)cc3)cccc12.[CH2-]CCCC.[CH3-].[CH3-].[Ce+4]. The van der Waals surface area contributed by atoms with Gasteiger partial charge in [-0.1, -0.05) is 174 Å². The zero-order chi connectivity index (χ0) is 42.6. The molecule has 1 saturated carbocycles. The number of hydrogen-bond donors (Lipinski definition) is 0. The van der Waals surface area contributed by atoms with Gasteiger partial charge in [0.2, 0.25) is 0 Å². The van der Waals surface area contributed by atoms with E-state index >= 15 is 0 Å². The maximum absolute atomic E-state index is 6.37. The van der Waals surface area contributed by atoms with E-state index in [1.165, 1.54) is 95.8 Å². The van der Waals surface area contributed by atoms with Crippen molar-refractivity contribution in [2.75, 3.05) is 13.2 Å². The predicted octanol–water partition coefficient (Wildman–Crippen LogP) is 18.1. The predicted molar refractivity (Wildman–Crippen MR) is 268 cm³/mol. The van der Waals surface area contributed by atoms with Gasteiger partial charge in [0.1, 0.15) is 0 Å². The zero-order valence-electron chi connectivity index (χ0n) is 41.8. The van der Waals surface area contributed by atoms with Crippen LogP contribution in [0.5, 0.6) is 0 Å². The normalized spacial score (nSPS) is 14.8. The molecule has 0 aromatic heterocycles. The molecule has 2 unspecified atom stereocenters. The number of aryl methyl sites for hydroxylation is 2. The van der Waals surface area contributed by atoms with Crippen molar-refractivity contribution in [3.8, 4) is 0 Å². The first-order valence-electron chi connectivity index (χ1n) is 22.7. The van der Waals surface area contributed by atoms with Gasteiger partial charge in [-0.3, -0.25) is 0 Å². The van der Waals surface area contributed by atoms with Crippen LogP contribution in [-0.2, 0) is 21.9 Å². The summed E-state index contributed by atoms with van der Waals surface area (Å²) in [6.45, 7) is 40.0. The molecule has 0 N–H and O–H groups in total. The Morgan fingerprint density at radius 3 is 1.78 bits per heavy atom. The number of benzene rings is 3. The molecular formula is C56H92CeO2S. The van der Waals surface area contributed by atoms with Crippen LogP contribution in [0.15, 0.2) is 76.7 Å². The molecule has 0 saturated heterocycles. The van der Waals surface area contributed by atoms with Crippen LogP contribution in [0, 0.1) is 111 Å². The monoisotopic (exact) mass is 969 g/mol. The molecule has 0 radical (unpaired) electrons. The fourth-order valence-corrected chi connectivity index (χ4v) is 8.26. The minimum atomic E-state index is 0. The first-order chi connectivity index (χ1) is 26.8. The minimum Gasteiger partial charge on any atom is -0.376 e. The average molecular weight is 970 g/mol. The Hall–Kier alpha value is -0.693. The summed E-state index contributed by atoms with van der Waals surface area (Å²) in [5, 5.41) is 2.72. The number of hydrogen-bond acceptors (Lipinski definition) is 3. The fourth-order valence-electron chi connectivity index (χ4n) is 7.68. The Labute approximate surface area is 413 Å². The summed E-state index contributed by atoms with van der Waals surface area (Å²) >= 11 is 1.49. The first kappa shape index (κ1) is 61.4. The van der Waals surface area contributed by atoms with Gasteiger partial charge in [-0.05, 0) is 114 Å². The summed E-state index contributed by atoms with van der Waals surface area (Å²) < 4.78 is 12.2. The number of rotatable bonds is 22. The molecule has 0 heterocycles. The molecular weight excluding hydrogens is 877 g/mol. The first-order valence-corrected chi connectivity index (χ1v) is 23.4. The van der Waals surface area contributed by atoms with Crippen LogP contribution in [0.25, 0.3) is 10.8 Å². The van der Waals surface area contributed by atoms with Gasteiger partial charge in [0.15, 0.2) is 0 Å². The van der Waals surface area contributed by atoms with Gasteiger partial charge in [-0.15, -0.1) is 0 Å². The van der Waals surface area contributed by atoms with Gasteiger partial charge in [-0.2, -0.15) is 11.8 Å². The topological polar surface area (TPSA) is 18.5 Å². The molecule has 1 fully saturated rings. The molecule has 3 aromatic rings. The molecule has 0 bridgehead atoms. The second-order valence-corrected chi connectivity index (χ2v) is 20.6. The van der Waals surface area contributed by atoms with E-state index in [0.717, 1.165) is 56.7 Å². The van der Waals surface area contributed by atoms with Gasteiger partial charge < -0.3 is 37.6 Å². The van der Waals surface area contributed by atoms with Gasteiger partial charge in [-0.25, -0.2) is 0 Å². The number of unbranched alkanes of at least 4 members (excludes halogenated alkanes) is 3. The largest absolute Gasteiger partial charge is 4.00 e. The summed E-state index contributed by atoms with van der Waals surface area (Å²) in [5.74, 6) is 2.53. The standard InChI is InChI=1S/C38H55O2S.C11H20.C5H11.2CH3.Ce/c1-30-19-21-33(22-20-30)41-40-27-13-24-37(5,6)25-26-38(7,8)29-39-28-32-16-12-17-34-31(15-11-18-35(32)34)14-9-10-23-36(2,3)4;1-6-10(7(2)3)11-8(4)9(11)5;1-3-5-4-2;;;/h11-12,15-22H,2,9-10,13-14,23-29H2,1,3-8H3;7-9H,6H2,1-5H3;1,3-5H2,2H3;2*1H3;/q-1;;3*-1;+4. The molecule has 0 amide bonds. The second-order valence-electron chi connectivity index (χ2n) is 19.7. The Bertz CT molecular complexity index is 1570. The Kier molecular flexibility index (Phi) is 32.0. The maximum atomic E-state index is 6.37. The van der Waals surface area contributed by atoms with E-state index in [9.17, 15) is 0 Å². The van der Waals surface area contributed by atoms with Gasteiger partial charge >= 0.3 is 41.7 Å². The van der Waals surface area contributed by atoms with Crippen molar-refractivity contribution >= 4 is 22.8 Å². The molecule has 1 aliphatic rings. The Morgan fingerprint density at radius 2 is 1.30 bits per heavy atom. The van der Waals surface area contributed by atoms with Crippen molar-refractivity contribution in [2.24, 2.45) is 34.0 Å². The number of fused-ring (bicyclic) bond motifs is 1. The molecule has 4 rings (SSSR count). The van der Waals surface area contributed by atoms with Crippen molar-refractivity contribution in [3.63, 3.8) is 0 Å². The third kappa shape index (κ3) is 24.4. The van der Waals surface area contributed by atoms with Crippen LogP contribution in [0.3, 0.4) is 0 Å². The smallest absolute Gasteiger partial charge is 0.376 e. The molecule has 60 heavy (non-hydrogen) atoms. The molecule has 1 aliphatic carbocycles. The van der Waals surface area contributed by atoms with Crippen molar-refractivity contribution in [3.05, 3.63) is 117 Å². The van der Waals surface area contributed by atoms with Crippen molar-refractivity contribution in [1.29, 1.82) is 0 Å². The molecule has 0 spiro atoms. The van der Waals surface area contributed by atoms with Gasteiger partial charge in [0, 0.05) is 16.9 Å². The quantitative estimate of drug-likeness (QED) is 0.0433. The maximum Gasteiger partial charge on any atom is 4.00 e. The van der Waals surface area contributed by atoms with Crippen molar-refractivity contribution < 1.29 is 50.7 Å². The third-order valence-corrected chi connectivity index (χ3v) is 12.6. The second kappa shape index (κ2) is 31.2. The van der Waals surface area contributed by atoms with Crippen LogP contribution >= 0.6 is 12.0 Å². The molecule has 2 atom stereocenters. The van der Waals surface area contributed by atoms with E-state index in [1.54, 1.807) is 11.1 Å². The van der Waals surface area contributed by atoms with E-state index in [-0.39, 0.29) is 67.4 Å². The minimum absolute atomic E-state index is 0. The zero-order valence-corrected chi connectivity index (χ0v) is 45.7. The fraction of sp³-hybridized carbons (Fsp3) is 0.607. The van der Waals surface area contributed by atoms with Crippen molar-refractivity contribution in [1.82, 2.24) is 0 Å². The van der Waals surface area contributed by atoms with E-state index in [0.29, 0.717) is 12.0 Å². The summed E-state index contributed by atoms with van der Waals surface area (Å²) in [7, 11) is 0. The third-order valence-electron chi connectivity index (χ3n) is 11.8. The van der Waals surface area contributed by atoms with Gasteiger partial charge in [0.25, 0.3) is 0 Å². The van der Waals surface area contributed by atoms with Crippen LogP contribution < -0.4 is 0 Å². The van der Waals surface area contributed by atoms with E-state index in [4.69, 9.17) is 8.92 Å². The van der Waals surface area contributed by atoms with E-state index < -0.39 is 0 Å². The molecule has 3 aromatic carbocycles. The molecule has 338 valence electrons. The van der Waals surface area contributed by atoms with Crippen LogP contribution in [-0.4, -0.2) is 13.2 Å². The number of allylic oxidation sites excluding steroid dienone is 2. The number of ether oxygens (including phenoxy) is 1. The van der Waals surface area contributed by atoms with E-state index in [2.05, 4.69) is 165 Å².